The number of likely N-dealkylation sites (N-methyl/N-ethyl adjacent to an activating group) is 1. The van der Waals surface area contributed by atoms with E-state index in [-0.39, 0.29) is 0 Å². The van der Waals surface area contributed by atoms with Gasteiger partial charge in [-0.1, -0.05) is 6.92 Å². The molecule has 6 heteroatoms. The summed E-state index contributed by atoms with van der Waals surface area (Å²) in [5.41, 5.74) is 0.979. The van der Waals surface area contributed by atoms with Crippen molar-refractivity contribution in [1.82, 2.24) is 14.7 Å². The van der Waals surface area contributed by atoms with Gasteiger partial charge in [0.2, 0.25) is 0 Å². The molecule has 0 atom stereocenters. The Bertz CT molecular complexity index is 571. The number of aryl methyl sites for hydroxylation is 1. The fourth-order valence-corrected chi connectivity index (χ4v) is 2.83. The van der Waals surface area contributed by atoms with Crippen LogP contribution in [0.5, 0.6) is 0 Å². The van der Waals surface area contributed by atoms with Crippen LogP contribution >= 0.6 is 11.3 Å². The van der Waals surface area contributed by atoms with Crippen molar-refractivity contribution in [3.8, 4) is 0 Å². The van der Waals surface area contributed by atoms with E-state index in [0.29, 0.717) is 4.88 Å². The Morgan fingerprint density at radius 2 is 2.28 bits per heavy atom. The minimum absolute atomic E-state index is 0.385. The van der Waals surface area contributed by atoms with Gasteiger partial charge in [0, 0.05) is 11.9 Å². The SMILES string of the molecule is CCc1nn(CCN(C)C)c2sc(C(=O)O)cc12. The van der Waals surface area contributed by atoms with E-state index in [4.69, 9.17) is 5.11 Å². The van der Waals surface area contributed by atoms with Crippen LogP contribution in [0.2, 0.25) is 0 Å². The summed E-state index contributed by atoms with van der Waals surface area (Å²) in [4.78, 5) is 14.5. The number of rotatable bonds is 5. The second-order valence-electron chi connectivity index (χ2n) is 4.46. The second-order valence-corrected chi connectivity index (χ2v) is 5.49. The molecule has 0 aromatic carbocycles. The van der Waals surface area contributed by atoms with Gasteiger partial charge in [0.1, 0.15) is 9.71 Å². The maximum atomic E-state index is 11.0. The zero-order chi connectivity index (χ0) is 13.3. The number of aromatic nitrogens is 2. The fourth-order valence-electron chi connectivity index (χ4n) is 1.84. The van der Waals surface area contributed by atoms with E-state index in [1.807, 2.05) is 25.7 Å². The van der Waals surface area contributed by atoms with Crippen LogP contribution in [0, 0.1) is 0 Å². The zero-order valence-corrected chi connectivity index (χ0v) is 11.6. The van der Waals surface area contributed by atoms with Crippen LogP contribution in [0.4, 0.5) is 0 Å². The molecule has 0 spiro atoms. The molecule has 0 aliphatic carbocycles. The molecule has 18 heavy (non-hydrogen) atoms. The predicted octanol–water partition coefficient (Wildman–Crippen LogP) is 1.92. The summed E-state index contributed by atoms with van der Waals surface area (Å²) in [6, 6.07) is 1.74. The maximum Gasteiger partial charge on any atom is 0.345 e. The van der Waals surface area contributed by atoms with Crippen molar-refractivity contribution >= 4 is 27.5 Å². The third-order valence-electron chi connectivity index (χ3n) is 2.80. The summed E-state index contributed by atoms with van der Waals surface area (Å²) in [5.74, 6) is -0.864. The van der Waals surface area contributed by atoms with E-state index in [1.54, 1.807) is 6.07 Å². The fraction of sp³-hybridized carbons (Fsp3) is 0.500. The number of carboxylic acid groups (broad SMARTS) is 1. The molecule has 0 saturated heterocycles. The summed E-state index contributed by atoms with van der Waals surface area (Å²) in [7, 11) is 4.02. The monoisotopic (exact) mass is 267 g/mol. The molecule has 0 radical (unpaired) electrons. The second kappa shape index (κ2) is 5.07. The van der Waals surface area contributed by atoms with Crippen LogP contribution < -0.4 is 0 Å². The molecule has 0 saturated carbocycles. The smallest absolute Gasteiger partial charge is 0.345 e. The minimum Gasteiger partial charge on any atom is -0.477 e. The van der Waals surface area contributed by atoms with Gasteiger partial charge >= 0.3 is 5.97 Å². The molecule has 5 nitrogen and oxygen atoms in total. The first kappa shape index (κ1) is 13.0. The Balaban J connectivity index is 2.42. The predicted molar refractivity (Wildman–Crippen MR) is 72.5 cm³/mol. The van der Waals surface area contributed by atoms with Crippen LogP contribution in [0.3, 0.4) is 0 Å². The molecule has 2 heterocycles. The van der Waals surface area contributed by atoms with Gasteiger partial charge in [-0.15, -0.1) is 11.3 Å². The Morgan fingerprint density at radius 3 is 2.83 bits per heavy atom. The molecule has 0 amide bonds. The average molecular weight is 267 g/mol. The van der Waals surface area contributed by atoms with Crippen molar-refractivity contribution in [2.75, 3.05) is 20.6 Å². The molecule has 0 unspecified atom stereocenters. The van der Waals surface area contributed by atoms with Crippen molar-refractivity contribution < 1.29 is 9.90 Å². The third kappa shape index (κ3) is 2.39. The van der Waals surface area contributed by atoms with Crippen LogP contribution in [0.1, 0.15) is 22.3 Å². The molecule has 0 fully saturated rings. The number of fused-ring (bicyclic) bond motifs is 1. The highest BCUT2D eigenvalue weighted by molar-refractivity contribution is 7.20. The highest BCUT2D eigenvalue weighted by Crippen LogP contribution is 2.28. The molecular formula is C12H17N3O2S. The lowest BCUT2D eigenvalue weighted by Crippen LogP contribution is -2.18. The van der Waals surface area contributed by atoms with E-state index in [1.165, 1.54) is 11.3 Å². The third-order valence-corrected chi connectivity index (χ3v) is 3.94. The molecule has 98 valence electrons. The Hall–Kier alpha value is -1.40. The molecule has 0 aliphatic heterocycles. The Labute approximate surface area is 110 Å². The first-order valence-electron chi connectivity index (χ1n) is 5.90. The van der Waals surface area contributed by atoms with Gasteiger partial charge in [-0.3, -0.25) is 4.68 Å². The number of nitrogens with zero attached hydrogens (tertiary/aromatic N) is 3. The topological polar surface area (TPSA) is 58.4 Å². The van der Waals surface area contributed by atoms with Crippen molar-refractivity contribution in [2.45, 2.75) is 19.9 Å². The number of hydrogen-bond acceptors (Lipinski definition) is 4. The molecule has 2 rings (SSSR count). The summed E-state index contributed by atoms with van der Waals surface area (Å²) in [6.45, 7) is 3.71. The van der Waals surface area contributed by atoms with Gasteiger partial charge in [-0.25, -0.2) is 4.79 Å². The highest BCUT2D eigenvalue weighted by Gasteiger charge is 2.16. The molecule has 0 aliphatic rings. The lowest BCUT2D eigenvalue weighted by molar-refractivity contribution is 0.0702. The largest absolute Gasteiger partial charge is 0.477 e. The Kier molecular flexibility index (Phi) is 3.68. The van der Waals surface area contributed by atoms with E-state index in [0.717, 1.165) is 35.4 Å². The van der Waals surface area contributed by atoms with Gasteiger partial charge in [-0.05, 0) is 26.6 Å². The highest BCUT2D eigenvalue weighted by atomic mass is 32.1. The van der Waals surface area contributed by atoms with Gasteiger partial charge in [0.15, 0.2) is 0 Å². The number of aromatic carboxylic acids is 1. The standard InChI is InChI=1S/C12H17N3O2S/c1-4-9-8-7-10(12(16)17)18-11(8)15(13-9)6-5-14(2)3/h7H,4-6H2,1-3H3,(H,16,17). The minimum atomic E-state index is -0.864. The molecule has 0 bridgehead atoms. The van der Waals surface area contributed by atoms with E-state index < -0.39 is 5.97 Å². The number of hydrogen-bond donors (Lipinski definition) is 1. The number of carbonyl (C=O) groups is 1. The van der Waals surface area contributed by atoms with Crippen molar-refractivity contribution in [2.24, 2.45) is 0 Å². The van der Waals surface area contributed by atoms with Gasteiger partial charge in [0.05, 0.1) is 12.2 Å². The van der Waals surface area contributed by atoms with Crippen LogP contribution in [0.25, 0.3) is 10.2 Å². The van der Waals surface area contributed by atoms with Crippen LogP contribution in [-0.2, 0) is 13.0 Å². The first-order chi connectivity index (χ1) is 8.52. The lowest BCUT2D eigenvalue weighted by atomic mass is 10.2. The van der Waals surface area contributed by atoms with Gasteiger partial charge in [0.25, 0.3) is 0 Å². The van der Waals surface area contributed by atoms with Crippen LogP contribution in [0.15, 0.2) is 6.07 Å². The quantitative estimate of drug-likeness (QED) is 0.899. The molecule has 1 N–H and O–H groups in total. The summed E-state index contributed by atoms with van der Waals surface area (Å²) >= 11 is 1.30. The lowest BCUT2D eigenvalue weighted by Gasteiger charge is -2.09. The number of thiophene rings is 1. The van der Waals surface area contributed by atoms with Crippen LogP contribution in [-0.4, -0.2) is 46.4 Å². The van der Waals surface area contributed by atoms with Gasteiger partial charge in [-0.2, -0.15) is 5.10 Å². The normalized spacial score (nSPS) is 11.6. The molecule has 2 aromatic rings. The first-order valence-corrected chi connectivity index (χ1v) is 6.71. The summed E-state index contributed by atoms with van der Waals surface area (Å²) < 4.78 is 1.92. The maximum absolute atomic E-state index is 11.0. The molecule has 2 aromatic heterocycles. The molecular weight excluding hydrogens is 250 g/mol. The van der Waals surface area contributed by atoms with E-state index in [9.17, 15) is 4.79 Å². The van der Waals surface area contributed by atoms with Gasteiger partial charge < -0.3 is 10.0 Å². The average Bonchev–Trinajstić information content (AvgIpc) is 2.84. The Morgan fingerprint density at radius 1 is 1.56 bits per heavy atom. The summed E-state index contributed by atoms with van der Waals surface area (Å²) in [6.07, 6.45) is 0.821. The van der Waals surface area contributed by atoms with Crippen molar-refractivity contribution in [3.05, 3.63) is 16.6 Å². The van der Waals surface area contributed by atoms with Crippen molar-refractivity contribution in [3.63, 3.8) is 0 Å². The zero-order valence-electron chi connectivity index (χ0n) is 10.8. The van der Waals surface area contributed by atoms with E-state index in [2.05, 4.69) is 10.00 Å². The van der Waals surface area contributed by atoms with E-state index >= 15 is 0 Å². The summed E-state index contributed by atoms with van der Waals surface area (Å²) in [5, 5.41) is 14.6. The number of carboxylic acids is 1. The van der Waals surface area contributed by atoms with Crippen molar-refractivity contribution in [1.29, 1.82) is 0 Å².